The van der Waals surface area contributed by atoms with Crippen LogP contribution >= 0.6 is 0 Å². The van der Waals surface area contributed by atoms with Crippen molar-refractivity contribution >= 4 is 34.9 Å². The van der Waals surface area contributed by atoms with Gasteiger partial charge in [-0.05, 0) is 37.1 Å². The topological polar surface area (TPSA) is 94.1 Å². The number of benzene rings is 2. The maximum atomic E-state index is 12.8. The third-order valence-corrected chi connectivity index (χ3v) is 4.87. The van der Waals surface area contributed by atoms with Gasteiger partial charge in [0.1, 0.15) is 6.54 Å². The SMILES string of the molecule is O=C(Nc1ccccc1C(=O)N1CCCC1)C1=NCC(=O)N(c2ccccc2)N1. The van der Waals surface area contributed by atoms with Gasteiger partial charge in [0.25, 0.3) is 17.7 Å². The molecule has 2 aliphatic heterocycles. The van der Waals surface area contributed by atoms with Gasteiger partial charge < -0.3 is 10.2 Å². The monoisotopic (exact) mass is 391 g/mol. The number of hydrogen-bond acceptors (Lipinski definition) is 5. The Balaban J connectivity index is 1.51. The van der Waals surface area contributed by atoms with Crippen LogP contribution in [0.4, 0.5) is 11.4 Å². The fraction of sp³-hybridized carbons (Fsp3) is 0.238. The quantitative estimate of drug-likeness (QED) is 0.831. The van der Waals surface area contributed by atoms with E-state index in [1.807, 2.05) is 6.07 Å². The first-order valence-corrected chi connectivity index (χ1v) is 9.52. The van der Waals surface area contributed by atoms with Crippen molar-refractivity contribution in [3.8, 4) is 0 Å². The normalized spacial score (nSPS) is 16.3. The van der Waals surface area contributed by atoms with Crippen LogP contribution in [-0.2, 0) is 9.59 Å². The molecule has 2 heterocycles. The molecule has 0 bridgehead atoms. The van der Waals surface area contributed by atoms with E-state index in [2.05, 4.69) is 15.7 Å². The van der Waals surface area contributed by atoms with Crippen LogP contribution in [0.15, 0.2) is 59.6 Å². The highest BCUT2D eigenvalue weighted by Gasteiger charge is 2.27. The van der Waals surface area contributed by atoms with Crippen molar-refractivity contribution in [3.05, 3.63) is 60.2 Å². The number of para-hydroxylation sites is 2. The number of hydrazine groups is 1. The zero-order valence-electron chi connectivity index (χ0n) is 15.8. The molecule has 8 heteroatoms. The molecule has 3 amide bonds. The van der Waals surface area contributed by atoms with E-state index in [1.54, 1.807) is 53.4 Å². The number of nitrogens with zero attached hydrogens (tertiary/aromatic N) is 3. The Kier molecular flexibility index (Phi) is 5.24. The summed E-state index contributed by atoms with van der Waals surface area (Å²) in [6.07, 6.45) is 1.98. The van der Waals surface area contributed by atoms with Gasteiger partial charge in [0.15, 0.2) is 0 Å². The zero-order chi connectivity index (χ0) is 20.2. The predicted octanol–water partition coefficient (Wildman–Crippen LogP) is 1.81. The molecular formula is C21H21N5O3. The lowest BCUT2D eigenvalue weighted by Crippen LogP contribution is -2.54. The van der Waals surface area contributed by atoms with E-state index in [0.717, 1.165) is 25.9 Å². The van der Waals surface area contributed by atoms with Crippen LogP contribution in [0.2, 0.25) is 0 Å². The van der Waals surface area contributed by atoms with Crippen molar-refractivity contribution in [3.63, 3.8) is 0 Å². The van der Waals surface area contributed by atoms with E-state index in [1.165, 1.54) is 5.01 Å². The summed E-state index contributed by atoms with van der Waals surface area (Å²) in [6, 6.07) is 15.9. The van der Waals surface area contributed by atoms with Crippen LogP contribution < -0.4 is 15.8 Å². The number of likely N-dealkylation sites (tertiary alicyclic amines) is 1. The molecular weight excluding hydrogens is 370 g/mol. The largest absolute Gasteiger partial charge is 0.339 e. The predicted molar refractivity (Wildman–Crippen MR) is 110 cm³/mol. The number of amidine groups is 1. The van der Waals surface area contributed by atoms with Gasteiger partial charge in [-0.15, -0.1) is 0 Å². The molecule has 4 rings (SSSR count). The average molecular weight is 391 g/mol. The summed E-state index contributed by atoms with van der Waals surface area (Å²) in [4.78, 5) is 43.6. The third kappa shape index (κ3) is 3.96. The molecule has 148 valence electrons. The van der Waals surface area contributed by atoms with Crippen molar-refractivity contribution in [2.75, 3.05) is 30.0 Å². The fourth-order valence-electron chi connectivity index (χ4n) is 3.38. The molecule has 1 fully saturated rings. The first kappa shape index (κ1) is 18.7. The van der Waals surface area contributed by atoms with Crippen LogP contribution in [0.3, 0.4) is 0 Å². The number of aliphatic imine (C=N–C) groups is 1. The van der Waals surface area contributed by atoms with Crippen molar-refractivity contribution < 1.29 is 14.4 Å². The Morgan fingerprint density at radius 3 is 2.41 bits per heavy atom. The molecule has 1 saturated heterocycles. The van der Waals surface area contributed by atoms with Gasteiger partial charge in [-0.1, -0.05) is 30.3 Å². The number of anilines is 2. The second-order valence-electron chi connectivity index (χ2n) is 6.84. The van der Waals surface area contributed by atoms with Crippen LogP contribution in [0, 0.1) is 0 Å². The summed E-state index contributed by atoms with van der Waals surface area (Å²) in [5.41, 5.74) is 4.24. The van der Waals surface area contributed by atoms with Gasteiger partial charge in [-0.2, -0.15) is 0 Å². The molecule has 2 aromatic carbocycles. The summed E-state index contributed by atoms with van der Waals surface area (Å²) in [5.74, 6) is -0.868. The lowest BCUT2D eigenvalue weighted by molar-refractivity contribution is -0.118. The smallest absolute Gasteiger partial charge is 0.292 e. The number of rotatable bonds is 4. The Morgan fingerprint density at radius 1 is 0.966 bits per heavy atom. The van der Waals surface area contributed by atoms with Crippen molar-refractivity contribution in [2.45, 2.75) is 12.8 Å². The molecule has 0 aliphatic carbocycles. The number of carbonyl (C=O) groups excluding carboxylic acids is 3. The van der Waals surface area contributed by atoms with Gasteiger partial charge in [-0.3, -0.25) is 24.8 Å². The van der Waals surface area contributed by atoms with Gasteiger partial charge in [0.2, 0.25) is 5.84 Å². The van der Waals surface area contributed by atoms with Crippen LogP contribution in [0.1, 0.15) is 23.2 Å². The molecule has 0 spiro atoms. The molecule has 0 radical (unpaired) electrons. The van der Waals surface area contributed by atoms with Gasteiger partial charge in [0.05, 0.1) is 16.9 Å². The molecule has 0 saturated carbocycles. The number of nitrogens with one attached hydrogen (secondary N) is 2. The zero-order valence-corrected chi connectivity index (χ0v) is 15.8. The number of amides is 3. The lowest BCUT2D eigenvalue weighted by Gasteiger charge is -2.27. The van der Waals surface area contributed by atoms with E-state index in [-0.39, 0.29) is 24.2 Å². The molecule has 29 heavy (non-hydrogen) atoms. The summed E-state index contributed by atoms with van der Waals surface area (Å²) in [6.45, 7) is 1.31. The van der Waals surface area contributed by atoms with E-state index in [9.17, 15) is 14.4 Å². The fourth-order valence-corrected chi connectivity index (χ4v) is 3.38. The Morgan fingerprint density at radius 2 is 1.66 bits per heavy atom. The van der Waals surface area contributed by atoms with E-state index in [0.29, 0.717) is 16.9 Å². The van der Waals surface area contributed by atoms with Crippen molar-refractivity contribution in [2.24, 2.45) is 4.99 Å². The second-order valence-corrected chi connectivity index (χ2v) is 6.84. The van der Waals surface area contributed by atoms with E-state index < -0.39 is 5.91 Å². The average Bonchev–Trinajstić information content (AvgIpc) is 3.29. The van der Waals surface area contributed by atoms with Crippen molar-refractivity contribution in [1.29, 1.82) is 0 Å². The van der Waals surface area contributed by atoms with Crippen LogP contribution in [0.25, 0.3) is 0 Å². The highest BCUT2D eigenvalue weighted by Crippen LogP contribution is 2.20. The van der Waals surface area contributed by atoms with Crippen LogP contribution in [0.5, 0.6) is 0 Å². The highest BCUT2D eigenvalue weighted by molar-refractivity contribution is 6.43. The van der Waals surface area contributed by atoms with Crippen LogP contribution in [-0.4, -0.2) is 48.1 Å². The van der Waals surface area contributed by atoms with Gasteiger partial charge in [0, 0.05) is 13.1 Å². The van der Waals surface area contributed by atoms with Gasteiger partial charge in [-0.25, -0.2) is 5.01 Å². The van der Waals surface area contributed by atoms with E-state index in [4.69, 9.17) is 0 Å². The number of hydrogen-bond donors (Lipinski definition) is 2. The summed E-state index contributed by atoms with van der Waals surface area (Å²) in [5, 5.41) is 4.05. The summed E-state index contributed by atoms with van der Waals surface area (Å²) >= 11 is 0. The number of carbonyl (C=O) groups is 3. The minimum absolute atomic E-state index is 0.0110. The molecule has 2 aliphatic rings. The molecule has 2 aromatic rings. The summed E-state index contributed by atoms with van der Waals surface area (Å²) in [7, 11) is 0. The lowest BCUT2D eigenvalue weighted by atomic mass is 10.1. The molecule has 2 N–H and O–H groups in total. The Labute approximate surface area is 168 Å². The Bertz CT molecular complexity index is 967. The molecule has 8 nitrogen and oxygen atoms in total. The highest BCUT2D eigenvalue weighted by atomic mass is 16.2. The Hall–Kier alpha value is -3.68. The van der Waals surface area contributed by atoms with E-state index >= 15 is 0 Å². The maximum Gasteiger partial charge on any atom is 0.292 e. The standard InChI is InChI=1S/C21H21N5O3/c27-18-14-22-19(24-26(18)15-8-2-1-3-9-15)20(28)23-17-11-5-4-10-16(17)21(29)25-12-6-7-13-25/h1-5,8-11H,6-7,12-14H2,(H,22,24)(H,23,28). The van der Waals surface area contributed by atoms with Gasteiger partial charge >= 0.3 is 0 Å². The maximum absolute atomic E-state index is 12.8. The molecule has 0 aromatic heterocycles. The first-order chi connectivity index (χ1) is 14.1. The summed E-state index contributed by atoms with van der Waals surface area (Å²) < 4.78 is 0. The van der Waals surface area contributed by atoms with Crippen molar-refractivity contribution in [1.82, 2.24) is 10.3 Å². The molecule has 0 unspecified atom stereocenters. The minimum atomic E-state index is -0.514. The second kappa shape index (κ2) is 8.14. The minimum Gasteiger partial charge on any atom is -0.339 e. The third-order valence-electron chi connectivity index (χ3n) is 4.87. The first-order valence-electron chi connectivity index (χ1n) is 9.52. The molecule has 0 atom stereocenters.